The molecule has 120 valence electrons. The van der Waals surface area contributed by atoms with Crippen LogP contribution in [0.3, 0.4) is 0 Å². The van der Waals surface area contributed by atoms with E-state index in [1.165, 1.54) is 7.05 Å². The van der Waals surface area contributed by atoms with Crippen LogP contribution in [0, 0.1) is 17.8 Å². The first-order valence-electron chi connectivity index (χ1n) is 7.03. The fourth-order valence-corrected chi connectivity index (χ4v) is 2.26. The second-order valence-corrected chi connectivity index (χ2v) is 5.74. The largest absolute Gasteiger partial charge is 0.433 e. The first kappa shape index (κ1) is 17.5. The average Bonchev–Trinajstić information content (AvgIpc) is 2.36. The number of nitrogens with zero attached hydrogens (tertiary/aromatic N) is 2. The molecule has 1 aromatic heterocycles. The van der Waals surface area contributed by atoms with E-state index in [9.17, 15) is 13.2 Å². The van der Waals surface area contributed by atoms with Crippen LogP contribution in [-0.4, -0.2) is 23.6 Å². The molecule has 0 bridgehead atoms. The smallest absolute Gasteiger partial charge is 0.370 e. The molecule has 0 atom stereocenters. The van der Waals surface area contributed by atoms with E-state index in [4.69, 9.17) is 0 Å². The summed E-state index contributed by atoms with van der Waals surface area (Å²) in [6.07, 6.45) is -4.49. The third-order valence-electron chi connectivity index (χ3n) is 3.47. The first-order valence-corrected chi connectivity index (χ1v) is 7.03. The Morgan fingerprint density at radius 2 is 1.67 bits per heavy atom. The number of nitrogens with one attached hydrogen (secondary N) is 2. The molecule has 1 rings (SSSR count). The van der Waals surface area contributed by atoms with Gasteiger partial charge in [0.15, 0.2) is 5.69 Å². The molecule has 1 aromatic rings. The monoisotopic (exact) mass is 304 g/mol. The van der Waals surface area contributed by atoms with Gasteiger partial charge in [-0.2, -0.15) is 18.2 Å². The van der Waals surface area contributed by atoms with Gasteiger partial charge in [-0.15, -0.1) is 0 Å². The quantitative estimate of drug-likeness (QED) is 0.837. The average molecular weight is 304 g/mol. The number of aromatic nitrogens is 2. The fraction of sp³-hybridized carbons (Fsp3) is 0.714. The lowest BCUT2D eigenvalue weighted by Crippen LogP contribution is -2.25. The fourth-order valence-electron chi connectivity index (χ4n) is 2.26. The lowest BCUT2D eigenvalue weighted by molar-refractivity contribution is -0.141. The normalized spacial score (nSPS) is 12.3. The molecule has 0 radical (unpaired) electrons. The standard InChI is InChI=1S/C14H23F3N4/c1-8(2)10(9(3)4)7-19-12-6-11(14(15,16)17)20-13(18-5)21-12/h6,8-10H,7H2,1-5H3,(H2,18,19,20,21). The summed E-state index contributed by atoms with van der Waals surface area (Å²) in [6.45, 7) is 8.99. The van der Waals surface area contributed by atoms with Gasteiger partial charge in [0, 0.05) is 19.7 Å². The summed E-state index contributed by atoms with van der Waals surface area (Å²) in [6, 6.07) is 0.943. The molecule has 7 heteroatoms. The van der Waals surface area contributed by atoms with E-state index in [1.807, 2.05) is 0 Å². The van der Waals surface area contributed by atoms with Crippen molar-refractivity contribution in [1.29, 1.82) is 0 Å². The molecule has 0 aliphatic heterocycles. The van der Waals surface area contributed by atoms with Crippen LogP contribution < -0.4 is 10.6 Å². The molecule has 0 spiro atoms. The van der Waals surface area contributed by atoms with Crippen molar-refractivity contribution in [3.8, 4) is 0 Å². The van der Waals surface area contributed by atoms with E-state index in [0.29, 0.717) is 24.3 Å². The third-order valence-corrected chi connectivity index (χ3v) is 3.47. The summed E-state index contributed by atoms with van der Waals surface area (Å²) < 4.78 is 38.4. The van der Waals surface area contributed by atoms with Gasteiger partial charge in [-0.05, 0) is 17.8 Å². The minimum Gasteiger partial charge on any atom is -0.370 e. The van der Waals surface area contributed by atoms with Crippen LogP contribution in [-0.2, 0) is 6.18 Å². The van der Waals surface area contributed by atoms with Crippen LogP contribution >= 0.6 is 0 Å². The van der Waals surface area contributed by atoms with Crippen LogP contribution in [0.1, 0.15) is 33.4 Å². The minimum atomic E-state index is -4.49. The van der Waals surface area contributed by atoms with Crippen LogP contribution in [0.4, 0.5) is 24.9 Å². The molecule has 0 aliphatic rings. The summed E-state index contributed by atoms with van der Waals surface area (Å²) in [5.74, 6) is 1.37. The molecule has 21 heavy (non-hydrogen) atoms. The van der Waals surface area contributed by atoms with Crippen molar-refractivity contribution in [3.05, 3.63) is 11.8 Å². The highest BCUT2D eigenvalue weighted by Crippen LogP contribution is 2.30. The van der Waals surface area contributed by atoms with Gasteiger partial charge in [0.25, 0.3) is 0 Å². The predicted octanol–water partition coefficient (Wildman–Crippen LogP) is 3.88. The first-order chi connectivity index (χ1) is 9.65. The molecular weight excluding hydrogens is 281 g/mol. The molecule has 0 unspecified atom stereocenters. The number of anilines is 2. The second kappa shape index (κ2) is 6.95. The molecular formula is C14H23F3N4. The van der Waals surface area contributed by atoms with Crippen LogP contribution in [0.25, 0.3) is 0 Å². The zero-order valence-corrected chi connectivity index (χ0v) is 13.0. The van der Waals surface area contributed by atoms with Gasteiger partial charge in [0.05, 0.1) is 0 Å². The van der Waals surface area contributed by atoms with Gasteiger partial charge in [-0.3, -0.25) is 0 Å². The lowest BCUT2D eigenvalue weighted by Gasteiger charge is -2.25. The Bertz CT molecular complexity index is 450. The molecule has 0 aliphatic carbocycles. The second-order valence-electron chi connectivity index (χ2n) is 5.74. The maximum absolute atomic E-state index is 12.8. The predicted molar refractivity (Wildman–Crippen MR) is 78.2 cm³/mol. The van der Waals surface area contributed by atoms with Crippen LogP contribution in [0.15, 0.2) is 6.07 Å². The Morgan fingerprint density at radius 1 is 1.10 bits per heavy atom. The van der Waals surface area contributed by atoms with Crippen molar-refractivity contribution in [1.82, 2.24) is 9.97 Å². The number of hydrogen-bond donors (Lipinski definition) is 2. The molecule has 0 aromatic carbocycles. The summed E-state index contributed by atoms with van der Waals surface area (Å²) >= 11 is 0. The molecule has 0 fully saturated rings. The van der Waals surface area contributed by atoms with Crippen molar-refractivity contribution in [2.24, 2.45) is 17.8 Å². The van der Waals surface area contributed by atoms with Crippen LogP contribution in [0.5, 0.6) is 0 Å². The van der Waals surface area contributed by atoms with Crippen molar-refractivity contribution >= 4 is 11.8 Å². The Hall–Kier alpha value is -1.53. The highest BCUT2D eigenvalue weighted by molar-refractivity contribution is 5.42. The Labute approximate surface area is 123 Å². The van der Waals surface area contributed by atoms with Gasteiger partial charge in [0.1, 0.15) is 5.82 Å². The Balaban J connectivity index is 2.92. The van der Waals surface area contributed by atoms with E-state index >= 15 is 0 Å². The number of alkyl halides is 3. The van der Waals surface area contributed by atoms with Crippen molar-refractivity contribution < 1.29 is 13.2 Å². The van der Waals surface area contributed by atoms with E-state index in [-0.39, 0.29) is 11.8 Å². The lowest BCUT2D eigenvalue weighted by atomic mass is 9.85. The molecule has 0 saturated carbocycles. The third kappa shape index (κ3) is 5.06. The van der Waals surface area contributed by atoms with Crippen LogP contribution in [0.2, 0.25) is 0 Å². The Morgan fingerprint density at radius 3 is 2.10 bits per heavy atom. The zero-order chi connectivity index (χ0) is 16.2. The number of hydrogen-bond acceptors (Lipinski definition) is 4. The number of rotatable bonds is 6. The SMILES string of the molecule is CNc1nc(NCC(C(C)C)C(C)C)cc(C(F)(F)F)n1. The van der Waals surface area contributed by atoms with Gasteiger partial charge >= 0.3 is 6.18 Å². The molecule has 1 heterocycles. The molecule has 0 saturated heterocycles. The van der Waals surface area contributed by atoms with Gasteiger partial charge in [-0.25, -0.2) is 4.98 Å². The van der Waals surface area contributed by atoms with Gasteiger partial charge in [0.2, 0.25) is 5.95 Å². The zero-order valence-electron chi connectivity index (χ0n) is 13.0. The molecule has 2 N–H and O–H groups in total. The van der Waals surface area contributed by atoms with E-state index in [2.05, 4.69) is 48.3 Å². The van der Waals surface area contributed by atoms with Gasteiger partial charge in [-0.1, -0.05) is 27.7 Å². The number of halogens is 3. The minimum absolute atomic E-state index is 0.0435. The summed E-state index contributed by atoms with van der Waals surface area (Å²) in [5, 5.41) is 5.55. The van der Waals surface area contributed by atoms with Crippen molar-refractivity contribution in [2.75, 3.05) is 24.2 Å². The van der Waals surface area contributed by atoms with E-state index < -0.39 is 11.9 Å². The topological polar surface area (TPSA) is 49.8 Å². The van der Waals surface area contributed by atoms with E-state index in [1.54, 1.807) is 0 Å². The summed E-state index contributed by atoms with van der Waals surface area (Å²) in [7, 11) is 1.49. The van der Waals surface area contributed by atoms with Crippen molar-refractivity contribution in [2.45, 2.75) is 33.9 Å². The molecule has 0 amide bonds. The highest BCUT2D eigenvalue weighted by Gasteiger charge is 2.33. The summed E-state index contributed by atoms with van der Waals surface area (Å²) in [5.41, 5.74) is -0.949. The van der Waals surface area contributed by atoms with Crippen molar-refractivity contribution in [3.63, 3.8) is 0 Å². The highest BCUT2D eigenvalue weighted by atomic mass is 19.4. The molecule has 4 nitrogen and oxygen atoms in total. The summed E-state index contributed by atoms with van der Waals surface area (Å²) in [4.78, 5) is 7.46. The Kier molecular flexibility index (Phi) is 5.80. The maximum atomic E-state index is 12.8. The van der Waals surface area contributed by atoms with E-state index in [0.717, 1.165) is 6.07 Å². The van der Waals surface area contributed by atoms with Gasteiger partial charge < -0.3 is 10.6 Å². The maximum Gasteiger partial charge on any atom is 0.433 e.